The van der Waals surface area contributed by atoms with Crippen molar-refractivity contribution in [3.63, 3.8) is 0 Å². The van der Waals surface area contributed by atoms with Crippen LogP contribution >= 0.6 is 15.9 Å². The maximum absolute atomic E-state index is 12.5. The summed E-state index contributed by atoms with van der Waals surface area (Å²) in [6.45, 7) is 2.66. The van der Waals surface area contributed by atoms with Crippen molar-refractivity contribution in [2.45, 2.75) is 13.3 Å². The molecule has 0 fully saturated rings. The lowest BCUT2D eigenvalue weighted by molar-refractivity contribution is 0.102. The van der Waals surface area contributed by atoms with Crippen LogP contribution in [0.3, 0.4) is 0 Å². The quantitative estimate of drug-likeness (QED) is 0.663. The number of carbonyl (C=O) groups is 1. The Kier molecular flexibility index (Phi) is 4.67. The summed E-state index contributed by atoms with van der Waals surface area (Å²) in [6.07, 6.45) is 0.916. The lowest BCUT2D eigenvalue weighted by Gasteiger charge is -2.11. The maximum Gasteiger partial charge on any atom is 0.272 e. The summed E-state index contributed by atoms with van der Waals surface area (Å²) in [5.41, 5.74) is 2.11. The second-order valence-corrected chi connectivity index (χ2v) is 6.13. The zero-order valence-electron chi connectivity index (χ0n) is 12.7. The summed E-state index contributed by atoms with van der Waals surface area (Å²) in [7, 11) is 0. The van der Waals surface area contributed by atoms with Gasteiger partial charge in [-0.25, -0.2) is 0 Å². The summed E-state index contributed by atoms with van der Waals surface area (Å²) in [6, 6.07) is 15.2. The third kappa shape index (κ3) is 3.56. The zero-order chi connectivity index (χ0) is 16.2. The average molecular weight is 373 g/mol. The summed E-state index contributed by atoms with van der Waals surface area (Å²) in [4.78, 5) is 15.6. The van der Waals surface area contributed by atoms with E-state index in [4.69, 9.17) is 4.74 Å². The second kappa shape index (κ2) is 6.87. The fourth-order valence-electron chi connectivity index (χ4n) is 2.32. The van der Waals surface area contributed by atoms with Gasteiger partial charge >= 0.3 is 0 Å². The van der Waals surface area contributed by atoms with E-state index in [9.17, 15) is 4.79 Å². The lowest BCUT2D eigenvalue weighted by atomic mass is 10.2. The molecule has 0 saturated heterocycles. The number of amides is 1. The molecule has 23 heavy (non-hydrogen) atoms. The smallest absolute Gasteiger partial charge is 0.272 e. The molecule has 0 saturated carbocycles. The van der Waals surface area contributed by atoms with Gasteiger partial charge in [0.1, 0.15) is 11.4 Å². The van der Waals surface area contributed by atoms with Gasteiger partial charge in [-0.3, -0.25) is 4.79 Å². The fraction of sp³-hybridized carbons (Fsp3) is 0.167. The Labute approximate surface area is 143 Å². The third-order valence-corrected chi connectivity index (χ3v) is 3.92. The first-order valence-electron chi connectivity index (χ1n) is 7.49. The summed E-state index contributed by atoms with van der Waals surface area (Å²) in [5, 5.41) is 3.90. The largest absolute Gasteiger partial charge is 0.491 e. The van der Waals surface area contributed by atoms with Crippen molar-refractivity contribution in [1.82, 2.24) is 4.98 Å². The number of nitrogens with one attached hydrogen (secondary N) is 2. The molecule has 1 heterocycles. The summed E-state index contributed by atoms with van der Waals surface area (Å²) < 4.78 is 6.64. The van der Waals surface area contributed by atoms with Crippen LogP contribution in [-0.4, -0.2) is 17.5 Å². The Morgan fingerprint density at radius 1 is 1.22 bits per heavy atom. The van der Waals surface area contributed by atoms with Crippen molar-refractivity contribution in [2.24, 2.45) is 0 Å². The second-order valence-electron chi connectivity index (χ2n) is 5.21. The van der Waals surface area contributed by atoms with Crippen LogP contribution in [0, 0.1) is 0 Å². The van der Waals surface area contributed by atoms with E-state index in [-0.39, 0.29) is 5.91 Å². The Morgan fingerprint density at radius 2 is 2.04 bits per heavy atom. The normalized spacial score (nSPS) is 10.7. The highest BCUT2D eigenvalue weighted by Gasteiger charge is 2.12. The maximum atomic E-state index is 12.5. The monoisotopic (exact) mass is 372 g/mol. The molecular formula is C18H17BrN2O2. The number of hydrogen-bond donors (Lipinski definition) is 2. The van der Waals surface area contributed by atoms with Crippen LogP contribution in [0.1, 0.15) is 23.8 Å². The van der Waals surface area contributed by atoms with Crippen molar-refractivity contribution in [3.05, 3.63) is 58.7 Å². The Morgan fingerprint density at radius 3 is 2.87 bits per heavy atom. The minimum atomic E-state index is -0.190. The van der Waals surface area contributed by atoms with Gasteiger partial charge in [0.2, 0.25) is 0 Å². The topological polar surface area (TPSA) is 54.1 Å². The number of fused-ring (bicyclic) bond motifs is 1. The number of rotatable bonds is 5. The van der Waals surface area contributed by atoms with Crippen LogP contribution in [0.5, 0.6) is 5.75 Å². The van der Waals surface area contributed by atoms with Gasteiger partial charge < -0.3 is 15.0 Å². The van der Waals surface area contributed by atoms with Gasteiger partial charge in [-0.2, -0.15) is 0 Å². The molecule has 0 aliphatic rings. The number of aromatic nitrogens is 1. The van der Waals surface area contributed by atoms with Gasteiger partial charge in [0.15, 0.2) is 0 Å². The predicted molar refractivity (Wildman–Crippen MR) is 96.2 cm³/mol. The summed E-state index contributed by atoms with van der Waals surface area (Å²) >= 11 is 3.43. The van der Waals surface area contributed by atoms with Crippen molar-refractivity contribution in [1.29, 1.82) is 0 Å². The molecule has 0 aliphatic carbocycles. The molecule has 0 spiro atoms. The molecular weight excluding hydrogens is 356 g/mol. The molecule has 1 amide bonds. The van der Waals surface area contributed by atoms with E-state index in [0.29, 0.717) is 23.7 Å². The Balaban J connectivity index is 1.83. The molecule has 5 heteroatoms. The van der Waals surface area contributed by atoms with Crippen LogP contribution in [0.15, 0.2) is 53.0 Å². The molecule has 3 aromatic rings. The van der Waals surface area contributed by atoms with Crippen molar-refractivity contribution in [3.8, 4) is 5.75 Å². The van der Waals surface area contributed by atoms with Gasteiger partial charge in [0.25, 0.3) is 5.91 Å². The Hall–Kier alpha value is -2.27. The number of aromatic amines is 1. The molecule has 0 aliphatic heterocycles. The first kappa shape index (κ1) is 15.6. The average Bonchev–Trinajstić information content (AvgIpc) is 2.97. The SMILES string of the molecule is CCCOc1ccccc1NC(=O)c1cc2ccc(Br)cc2[nH]1. The first-order valence-corrected chi connectivity index (χ1v) is 8.28. The van der Waals surface area contributed by atoms with Gasteiger partial charge in [0, 0.05) is 15.4 Å². The lowest BCUT2D eigenvalue weighted by Crippen LogP contribution is -2.13. The molecule has 4 nitrogen and oxygen atoms in total. The van der Waals surface area contributed by atoms with E-state index in [1.807, 2.05) is 55.5 Å². The van der Waals surface area contributed by atoms with Gasteiger partial charge in [0.05, 0.1) is 12.3 Å². The summed E-state index contributed by atoms with van der Waals surface area (Å²) in [5.74, 6) is 0.492. The van der Waals surface area contributed by atoms with Crippen molar-refractivity contribution in [2.75, 3.05) is 11.9 Å². The molecule has 2 aromatic carbocycles. The number of H-pyrrole nitrogens is 1. The van der Waals surface area contributed by atoms with Crippen LogP contribution in [0.25, 0.3) is 10.9 Å². The molecule has 0 bridgehead atoms. The highest BCUT2D eigenvalue weighted by Crippen LogP contribution is 2.25. The number of benzene rings is 2. The molecule has 0 radical (unpaired) electrons. The zero-order valence-corrected chi connectivity index (χ0v) is 14.3. The molecule has 118 valence electrons. The van der Waals surface area contributed by atoms with Gasteiger partial charge in [-0.1, -0.05) is 41.1 Å². The van der Waals surface area contributed by atoms with Crippen LogP contribution in [-0.2, 0) is 0 Å². The minimum absolute atomic E-state index is 0.190. The molecule has 0 atom stereocenters. The van der Waals surface area contributed by atoms with E-state index in [2.05, 4.69) is 26.2 Å². The highest BCUT2D eigenvalue weighted by molar-refractivity contribution is 9.10. The molecule has 0 unspecified atom stereocenters. The number of carbonyl (C=O) groups excluding carboxylic acids is 1. The fourth-order valence-corrected chi connectivity index (χ4v) is 2.68. The van der Waals surface area contributed by atoms with Crippen LogP contribution < -0.4 is 10.1 Å². The van der Waals surface area contributed by atoms with Crippen LogP contribution in [0.2, 0.25) is 0 Å². The van der Waals surface area contributed by atoms with Gasteiger partial charge in [-0.05, 0) is 36.8 Å². The number of ether oxygens (including phenoxy) is 1. The number of anilines is 1. The number of hydrogen-bond acceptors (Lipinski definition) is 2. The van der Waals surface area contributed by atoms with Crippen molar-refractivity contribution >= 4 is 38.4 Å². The molecule has 2 N–H and O–H groups in total. The first-order chi connectivity index (χ1) is 11.2. The predicted octanol–water partition coefficient (Wildman–Crippen LogP) is 4.97. The van der Waals surface area contributed by atoms with E-state index < -0.39 is 0 Å². The molecule has 3 rings (SSSR count). The van der Waals surface area contributed by atoms with E-state index in [0.717, 1.165) is 21.8 Å². The van der Waals surface area contributed by atoms with Gasteiger partial charge in [-0.15, -0.1) is 0 Å². The van der Waals surface area contributed by atoms with E-state index >= 15 is 0 Å². The highest BCUT2D eigenvalue weighted by atomic mass is 79.9. The van der Waals surface area contributed by atoms with E-state index in [1.54, 1.807) is 0 Å². The third-order valence-electron chi connectivity index (χ3n) is 3.43. The number of halogens is 1. The minimum Gasteiger partial charge on any atom is -0.491 e. The standard InChI is InChI=1S/C18H17BrN2O2/c1-2-9-23-17-6-4-3-5-14(17)21-18(22)16-10-12-7-8-13(19)11-15(12)20-16/h3-8,10-11,20H,2,9H2,1H3,(H,21,22). The number of para-hydroxylation sites is 2. The molecule has 1 aromatic heterocycles. The Bertz CT molecular complexity index is 842. The van der Waals surface area contributed by atoms with Crippen molar-refractivity contribution < 1.29 is 9.53 Å². The van der Waals surface area contributed by atoms with E-state index in [1.165, 1.54) is 0 Å². The van der Waals surface area contributed by atoms with Crippen LogP contribution in [0.4, 0.5) is 5.69 Å².